The first-order valence-corrected chi connectivity index (χ1v) is 10.6. The Morgan fingerprint density at radius 3 is 2.42 bits per heavy atom. The standard InChI is InChI=1S/C26H22N4O3/c1-33-17-12-10-16(11-13-17)21(22-15-27-23-9-5-4-6-18(22)23)14-28-26(32)24-19-7-2-3-8-20(19)25(31)30-29-24/h2-13,15,21,27H,14H2,1H3,(H,28,32)(H,30,31). The molecule has 0 saturated heterocycles. The molecular formula is C26H22N4O3. The number of nitrogens with one attached hydrogen (secondary N) is 3. The Hall–Kier alpha value is -4.39. The van der Waals surface area contributed by atoms with Crippen LogP contribution in [0.25, 0.3) is 21.7 Å². The van der Waals surface area contributed by atoms with Gasteiger partial charge in [0.25, 0.3) is 11.5 Å². The molecule has 5 rings (SSSR count). The van der Waals surface area contributed by atoms with Crippen molar-refractivity contribution in [2.24, 2.45) is 0 Å². The molecule has 0 aliphatic heterocycles. The normalized spacial score (nSPS) is 12.0. The van der Waals surface area contributed by atoms with E-state index < -0.39 is 0 Å². The molecule has 0 aliphatic carbocycles. The molecule has 1 unspecified atom stereocenters. The summed E-state index contributed by atoms with van der Waals surface area (Å²) in [5.74, 6) is 0.315. The summed E-state index contributed by atoms with van der Waals surface area (Å²) < 4.78 is 5.30. The highest BCUT2D eigenvalue weighted by Crippen LogP contribution is 2.31. The van der Waals surface area contributed by atoms with Crippen LogP contribution in [0, 0.1) is 0 Å². The number of aromatic nitrogens is 3. The number of para-hydroxylation sites is 1. The molecule has 3 N–H and O–H groups in total. The number of fused-ring (bicyclic) bond motifs is 2. The number of H-pyrrole nitrogens is 2. The van der Waals surface area contributed by atoms with Gasteiger partial charge in [0.2, 0.25) is 0 Å². The molecule has 2 heterocycles. The van der Waals surface area contributed by atoms with Gasteiger partial charge in [0, 0.05) is 34.9 Å². The lowest BCUT2D eigenvalue weighted by Crippen LogP contribution is -2.30. The molecule has 0 bridgehead atoms. The summed E-state index contributed by atoms with van der Waals surface area (Å²) in [7, 11) is 1.63. The fourth-order valence-electron chi connectivity index (χ4n) is 4.19. The number of nitrogens with zero attached hydrogens (tertiary/aromatic N) is 1. The molecule has 164 valence electrons. The summed E-state index contributed by atoms with van der Waals surface area (Å²) in [6.07, 6.45) is 1.99. The van der Waals surface area contributed by atoms with E-state index in [1.807, 2.05) is 48.7 Å². The fourth-order valence-corrected chi connectivity index (χ4v) is 4.19. The third-order valence-electron chi connectivity index (χ3n) is 5.89. The van der Waals surface area contributed by atoms with Crippen molar-refractivity contribution in [3.05, 3.63) is 106 Å². The first-order chi connectivity index (χ1) is 16.2. The number of aromatic amines is 2. The summed E-state index contributed by atoms with van der Waals surface area (Å²) in [4.78, 5) is 28.5. The maximum absolute atomic E-state index is 13.1. The van der Waals surface area contributed by atoms with Crippen LogP contribution in [0.2, 0.25) is 0 Å². The van der Waals surface area contributed by atoms with Gasteiger partial charge >= 0.3 is 0 Å². The fraction of sp³-hybridized carbons (Fsp3) is 0.115. The SMILES string of the molecule is COc1ccc(C(CNC(=O)c2n[nH]c(=O)c3ccccc23)c2c[nH]c3ccccc23)cc1. The number of hydrogen-bond acceptors (Lipinski definition) is 4. The molecular weight excluding hydrogens is 416 g/mol. The summed E-state index contributed by atoms with van der Waals surface area (Å²) >= 11 is 0. The van der Waals surface area contributed by atoms with E-state index in [2.05, 4.69) is 26.6 Å². The van der Waals surface area contributed by atoms with E-state index in [0.717, 1.165) is 27.8 Å². The van der Waals surface area contributed by atoms with Crippen LogP contribution in [0.5, 0.6) is 5.75 Å². The van der Waals surface area contributed by atoms with Crippen LogP contribution in [-0.2, 0) is 0 Å². The monoisotopic (exact) mass is 438 g/mol. The third-order valence-corrected chi connectivity index (χ3v) is 5.89. The molecule has 0 aliphatic rings. The Kier molecular flexibility index (Phi) is 5.36. The Bertz CT molecular complexity index is 1500. The number of ether oxygens (including phenoxy) is 1. The first-order valence-electron chi connectivity index (χ1n) is 10.6. The Balaban J connectivity index is 1.50. The summed E-state index contributed by atoms with van der Waals surface area (Å²) in [6, 6.07) is 22.9. The van der Waals surface area contributed by atoms with Gasteiger partial charge in [0.05, 0.1) is 12.5 Å². The van der Waals surface area contributed by atoms with Crippen molar-refractivity contribution < 1.29 is 9.53 Å². The van der Waals surface area contributed by atoms with Gasteiger partial charge in [0.1, 0.15) is 5.75 Å². The number of benzene rings is 3. The van der Waals surface area contributed by atoms with Crippen LogP contribution in [0.4, 0.5) is 0 Å². The van der Waals surface area contributed by atoms with Gasteiger partial charge in [-0.05, 0) is 35.4 Å². The Morgan fingerprint density at radius 2 is 1.67 bits per heavy atom. The minimum absolute atomic E-state index is 0.106. The van der Waals surface area contributed by atoms with E-state index in [1.54, 1.807) is 31.4 Å². The highest BCUT2D eigenvalue weighted by molar-refractivity contribution is 6.04. The third kappa shape index (κ3) is 3.85. The highest BCUT2D eigenvalue weighted by Gasteiger charge is 2.21. The van der Waals surface area contributed by atoms with Crippen molar-refractivity contribution in [2.75, 3.05) is 13.7 Å². The van der Waals surface area contributed by atoms with Gasteiger partial charge in [-0.1, -0.05) is 48.5 Å². The van der Waals surface area contributed by atoms with E-state index in [0.29, 0.717) is 17.3 Å². The van der Waals surface area contributed by atoms with E-state index in [1.165, 1.54) is 0 Å². The van der Waals surface area contributed by atoms with E-state index in [9.17, 15) is 9.59 Å². The van der Waals surface area contributed by atoms with Crippen LogP contribution in [0.15, 0.2) is 83.8 Å². The smallest absolute Gasteiger partial charge is 0.272 e. The Labute approximate surface area is 189 Å². The second kappa shape index (κ2) is 8.63. The average Bonchev–Trinajstić information content (AvgIpc) is 3.29. The number of hydrogen-bond donors (Lipinski definition) is 3. The average molecular weight is 438 g/mol. The largest absolute Gasteiger partial charge is 0.497 e. The molecule has 0 saturated carbocycles. The number of carbonyl (C=O) groups is 1. The Morgan fingerprint density at radius 1 is 0.970 bits per heavy atom. The summed E-state index contributed by atoms with van der Waals surface area (Å²) in [5, 5.41) is 11.5. The zero-order chi connectivity index (χ0) is 22.8. The van der Waals surface area contributed by atoms with Crippen LogP contribution in [0.1, 0.15) is 27.5 Å². The molecule has 0 radical (unpaired) electrons. The van der Waals surface area contributed by atoms with Crippen LogP contribution in [-0.4, -0.2) is 34.7 Å². The lowest BCUT2D eigenvalue weighted by atomic mass is 9.90. The lowest BCUT2D eigenvalue weighted by Gasteiger charge is -2.19. The van der Waals surface area contributed by atoms with Gasteiger partial charge in [0.15, 0.2) is 5.69 Å². The van der Waals surface area contributed by atoms with Crippen molar-refractivity contribution in [3.63, 3.8) is 0 Å². The molecule has 2 aromatic heterocycles. The summed E-state index contributed by atoms with van der Waals surface area (Å²) in [5.41, 5.74) is 3.02. The van der Waals surface area contributed by atoms with Crippen molar-refractivity contribution >= 4 is 27.6 Å². The zero-order valence-corrected chi connectivity index (χ0v) is 18.0. The van der Waals surface area contributed by atoms with Gasteiger partial charge in [-0.3, -0.25) is 9.59 Å². The molecule has 0 spiro atoms. The maximum Gasteiger partial charge on any atom is 0.272 e. The molecule has 7 nitrogen and oxygen atoms in total. The first kappa shape index (κ1) is 20.5. The van der Waals surface area contributed by atoms with Crippen molar-refractivity contribution in [1.29, 1.82) is 0 Å². The van der Waals surface area contributed by atoms with Crippen molar-refractivity contribution in [3.8, 4) is 5.75 Å². The number of methoxy groups -OCH3 is 1. The second-order valence-corrected chi connectivity index (χ2v) is 7.77. The number of rotatable bonds is 6. The van der Waals surface area contributed by atoms with Gasteiger partial charge in [-0.2, -0.15) is 5.10 Å². The van der Waals surface area contributed by atoms with Gasteiger partial charge < -0.3 is 15.0 Å². The predicted molar refractivity (Wildman–Crippen MR) is 128 cm³/mol. The van der Waals surface area contributed by atoms with Crippen LogP contribution < -0.4 is 15.6 Å². The van der Waals surface area contributed by atoms with Crippen molar-refractivity contribution in [2.45, 2.75) is 5.92 Å². The highest BCUT2D eigenvalue weighted by atomic mass is 16.5. The van der Waals surface area contributed by atoms with E-state index >= 15 is 0 Å². The second-order valence-electron chi connectivity index (χ2n) is 7.77. The molecule has 3 aromatic carbocycles. The van der Waals surface area contributed by atoms with E-state index in [4.69, 9.17) is 4.74 Å². The van der Waals surface area contributed by atoms with Crippen LogP contribution in [0.3, 0.4) is 0 Å². The molecule has 1 atom stereocenters. The molecule has 33 heavy (non-hydrogen) atoms. The molecule has 1 amide bonds. The number of carbonyl (C=O) groups excluding carboxylic acids is 1. The summed E-state index contributed by atoms with van der Waals surface area (Å²) in [6.45, 7) is 0.349. The quantitative estimate of drug-likeness (QED) is 0.373. The van der Waals surface area contributed by atoms with Gasteiger partial charge in [-0.15, -0.1) is 0 Å². The molecule has 7 heteroatoms. The molecule has 0 fully saturated rings. The van der Waals surface area contributed by atoms with Crippen molar-refractivity contribution in [1.82, 2.24) is 20.5 Å². The minimum Gasteiger partial charge on any atom is -0.497 e. The zero-order valence-electron chi connectivity index (χ0n) is 18.0. The van der Waals surface area contributed by atoms with E-state index in [-0.39, 0.29) is 23.1 Å². The molecule has 5 aromatic rings. The lowest BCUT2D eigenvalue weighted by molar-refractivity contribution is 0.0948. The number of amides is 1. The van der Waals surface area contributed by atoms with Gasteiger partial charge in [-0.25, -0.2) is 5.10 Å². The minimum atomic E-state index is -0.346. The predicted octanol–water partition coefficient (Wildman–Crippen LogP) is 3.97. The topological polar surface area (TPSA) is 99.9 Å². The van der Waals surface area contributed by atoms with Crippen LogP contribution >= 0.6 is 0 Å². The maximum atomic E-state index is 13.1.